The second-order valence-corrected chi connectivity index (χ2v) is 3.69. The molecule has 0 fully saturated rings. The zero-order valence-corrected chi connectivity index (χ0v) is 10.1. The van der Waals surface area contributed by atoms with E-state index in [2.05, 4.69) is 15.6 Å². The summed E-state index contributed by atoms with van der Waals surface area (Å²) in [5, 5.41) is 5.84. The SMILES string of the molecule is CCNc1ncccc1C(=O)NCc1ccco1. The highest BCUT2D eigenvalue weighted by Crippen LogP contribution is 2.11. The van der Waals surface area contributed by atoms with Gasteiger partial charge in [-0.05, 0) is 31.2 Å². The van der Waals surface area contributed by atoms with Crippen molar-refractivity contribution in [1.82, 2.24) is 10.3 Å². The Kier molecular flexibility index (Phi) is 3.96. The summed E-state index contributed by atoms with van der Waals surface area (Å²) in [6, 6.07) is 7.08. The molecule has 94 valence electrons. The number of carbonyl (C=O) groups excluding carboxylic acids is 1. The van der Waals surface area contributed by atoms with Gasteiger partial charge in [-0.2, -0.15) is 0 Å². The minimum Gasteiger partial charge on any atom is -0.467 e. The third-order valence-corrected chi connectivity index (χ3v) is 2.40. The molecular formula is C13H15N3O2. The molecule has 0 radical (unpaired) electrons. The Hall–Kier alpha value is -2.30. The second kappa shape index (κ2) is 5.86. The van der Waals surface area contributed by atoms with E-state index in [1.807, 2.05) is 13.0 Å². The molecule has 0 aliphatic heterocycles. The summed E-state index contributed by atoms with van der Waals surface area (Å²) in [7, 11) is 0. The van der Waals surface area contributed by atoms with Crippen LogP contribution in [0, 0.1) is 0 Å². The summed E-state index contributed by atoms with van der Waals surface area (Å²) in [5.41, 5.74) is 0.533. The molecule has 0 bridgehead atoms. The maximum absolute atomic E-state index is 12.0. The lowest BCUT2D eigenvalue weighted by molar-refractivity contribution is 0.0948. The largest absolute Gasteiger partial charge is 0.467 e. The van der Waals surface area contributed by atoms with E-state index in [1.165, 1.54) is 0 Å². The molecule has 5 nitrogen and oxygen atoms in total. The molecule has 0 spiro atoms. The maximum Gasteiger partial charge on any atom is 0.255 e. The molecule has 2 heterocycles. The van der Waals surface area contributed by atoms with Crippen LogP contribution in [0.1, 0.15) is 23.0 Å². The van der Waals surface area contributed by atoms with Crippen molar-refractivity contribution < 1.29 is 9.21 Å². The molecule has 0 saturated carbocycles. The number of hydrogen-bond acceptors (Lipinski definition) is 4. The normalized spacial score (nSPS) is 10.1. The number of hydrogen-bond donors (Lipinski definition) is 2. The van der Waals surface area contributed by atoms with Crippen molar-refractivity contribution >= 4 is 11.7 Å². The van der Waals surface area contributed by atoms with E-state index in [0.717, 1.165) is 12.3 Å². The van der Waals surface area contributed by atoms with Gasteiger partial charge in [0, 0.05) is 12.7 Å². The first-order valence-electron chi connectivity index (χ1n) is 5.80. The molecule has 0 saturated heterocycles. The molecular weight excluding hydrogens is 230 g/mol. The Balaban J connectivity index is 2.04. The molecule has 0 aliphatic rings. The third-order valence-electron chi connectivity index (χ3n) is 2.40. The van der Waals surface area contributed by atoms with Crippen molar-refractivity contribution in [1.29, 1.82) is 0 Å². The molecule has 0 aliphatic carbocycles. The van der Waals surface area contributed by atoms with E-state index in [0.29, 0.717) is 17.9 Å². The van der Waals surface area contributed by atoms with E-state index < -0.39 is 0 Å². The number of carbonyl (C=O) groups is 1. The summed E-state index contributed by atoms with van der Waals surface area (Å²) in [5.74, 6) is 1.14. The average Bonchev–Trinajstić information content (AvgIpc) is 2.90. The number of nitrogens with one attached hydrogen (secondary N) is 2. The fraction of sp³-hybridized carbons (Fsp3) is 0.231. The smallest absolute Gasteiger partial charge is 0.255 e. The van der Waals surface area contributed by atoms with Crippen molar-refractivity contribution in [3.05, 3.63) is 48.0 Å². The van der Waals surface area contributed by atoms with Gasteiger partial charge in [0.15, 0.2) is 0 Å². The van der Waals surface area contributed by atoms with Crippen molar-refractivity contribution in [2.24, 2.45) is 0 Å². The third kappa shape index (κ3) is 2.88. The molecule has 2 aromatic heterocycles. The molecule has 2 aromatic rings. The number of furan rings is 1. The molecule has 1 amide bonds. The first-order chi connectivity index (χ1) is 8.81. The molecule has 2 N–H and O–H groups in total. The van der Waals surface area contributed by atoms with Gasteiger partial charge in [-0.3, -0.25) is 4.79 Å². The summed E-state index contributed by atoms with van der Waals surface area (Å²) in [6.07, 6.45) is 3.23. The highest BCUT2D eigenvalue weighted by atomic mass is 16.3. The van der Waals surface area contributed by atoms with Crippen LogP contribution in [-0.4, -0.2) is 17.4 Å². The Morgan fingerprint density at radius 2 is 2.28 bits per heavy atom. The minimum atomic E-state index is -0.171. The molecule has 18 heavy (non-hydrogen) atoms. The van der Waals surface area contributed by atoms with Crippen LogP contribution in [0.15, 0.2) is 41.1 Å². The van der Waals surface area contributed by atoms with Gasteiger partial charge in [0.05, 0.1) is 18.4 Å². The van der Waals surface area contributed by atoms with Gasteiger partial charge in [0.2, 0.25) is 0 Å². The van der Waals surface area contributed by atoms with Crippen molar-refractivity contribution in [3.8, 4) is 0 Å². The average molecular weight is 245 g/mol. The highest BCUT2D eigenvalue weighted by Gasteiger charge is 2.11. The Morgan fingerprint density at radius 1 is 1.39 bits per heavy atom. The number of anilines is 1. The van der Waals surface area contributed by atoms with Crippen LogP contribution in [0.4, 0.5) is 5.82 Å². The Morgan fingerprint density at radius 3 is 3.00 bits per heavy atom. The summed E-state index contributed by atoms with van der Waals surface area (Å²) < 4.78 is 5.15. The fourth-order valence-electron chi connectivity index (χ4n) is 1.57. The summed E-state index contributed by atoms with van der Waals surface area (Å²) in [4.78, 5) is 16.1. The monoisotopic (exact) mass is 245 g/mol. The van der Waals surface area contributed by atoms with E-state index in [-0.39, 0.29) is 5.91 Å². The number of aromatic nitrogens is 1. The molecule has 0 aromatic carbocycles. The number of nitrogens with zero attached hydrogens (tertiary/aromatic N) is 1. The lowest BCUT2D eigenvalue weighted by Crippen LogP contribution is -2.24. The van der Waals surface area contributed by atoms with Gasteiger partial charge >= 0.3 is 0 Å². The van der Waals surface area contributed by atoms with Gasteiger partial charge in [0.1, 0.15) is 11.6 Å². The predicted octanol–water partition coefficient (Wildman–Crippen LogP) is 2.04. The van der Waals surface area contributed by atoms with Crippen LogP contribution in [0.3, 0.4) is 0 Å². The lowest BCUT2D eigenvalue weighted by atomic mass is 10.2. The van der Waals surface area contributed by atoms with Crippen LogP contribution < -0.4 is 10.6 Å². The highest BCUT2D eigenvalue weighted by molar-refractivity contribution is 5.98. The first kappa shape index (κ1) is 12.2. The van der Waals surface area contributed by atoms with E-state index in [1.54, 1.807) is 30.7 Å². The van der Waals surface area contributed by atoms with Crippen molar-refractivity contribution in [2.75, 3.05) is 11.9 Å². The van der Waals surface area contributed by atoms with Crippen LogP contribution >= 0.6 is 0 Å². The molecule has 5 heteroatoms. The number of pyridine rings is 1. The zero-order valence-electron chi connectivity index (χ0n) is 10.1. The van der Waals surface area contributed by atoms with Gasteiger partial charge in [-0.15, -0.1) is 0 Å². The van der Waals surface area contributed by atoms with Crippen LogP contribution in [0.25, 0.3) is 0 Å². The van der Waals surface area contributed by atoms with Crippen LogP contribution in [0.5, 0.6) is 0 Å². The Bertz CT molecular complexity index is 509. The van der Waals surface area contributed by atoms with E-state index >= 15 is 0 Å². The van der Waals surface area contributed by atoms with Gasteiger partial charge in [0.25, 0.3) is 5.91 Å². The number of amides is 1. The predicted molar refractivity (Wildman–Crippen MR) is 68.3 cm³/mol. The molecule has 0 unspecified atom stereocenters. The number of rotatable bonds is 5. The van der Waals surface area contributed by atoms with Crippen LogP contribution in [0.2, 0.25) is 0 Å². The second-order valence-electron chi connectivity index (χ2n) is 3.69. The maximum atomic E-state index is 12.0. The van der Waals surface area contributed by atoms with Gasteiger partial charge in [-0.1, -0.05) is 0 Å². The summed E-state index contributed by atoms with van der Waals surface area (Å²) in [6.45, 7) is 3.04. The standard InChI is InChI=1S/C13H15N3O2/c1-2-14-12-11(6-3-7-15-12)13(17)16-9-10-5-4-8-18-10/h3-8H,2,9H2,1H3,(H,14,15)(H,16,17). The van der Waals surface area contributed by atoms with Crippen molar-refractivity contribution in [2.45, 2.75) is 13.5 Å². The quantitative estimate of drug-likeness (QED) is 0.845. The summed E-state index contributed by atoms with van der Waals surface area (Å²) >= 11 is 0. The lowest BCUT2D eigenvalue weighted by Gasteiger charge is -2.09. The van der Waals surface area contributed by atoms with Crippen molar-refractivity contribution in [3.63, 3.8) is 0 Å². The minimum absolute atomic E-state index is 0.171. The van der Waals surface area contributed by atoms with Gasteiger partial charge in [-0.25, -0.2) is 4.98 Å². The molecule has 0 atom stereocenters. The Labute approximate surface area is 105 Å². The van der Waals surface area contributed by atoms with Crippen LogP contribution in [-0.2, 0) is 6.54 Å². The van der Waals surface area contributed by atoms with Gasteiger partial charge < -0.3 is 15.1 Å². The molecule has 2 rings (SSSR count). The topological polar surface area (TPSA) is 67.2 Å². The van der Waals surface area contributed by atoms with E-state index in [4.69, 9.17) is 4.42 Å². The zero-order chi connectivity index (χ0) is 12.8. The first-order valence-corrected chi connectivity index (χ1v) is 5.80. The fourth-order valence-corrected chi connectivity index (χ4v) is 1.57. The van der Waals surface area contributed by atoms with E-state index in [9.17, 15) is 4.79 Å².